The van der Waals surface area contributed by atoms with Crippen molar-refractivity contribution in [1.29, 1.82) is 0 Å². The number of aliphatic hydroxyl groups excluding tert-OH is 1. The van der Waals surface area contributed by atoms with E-state index in [-0.39, 0.29) is 36.6 Å². The Morgan fingerprint density at radius 2 is 2.00 bits per heavy atom. The van der Waals surface area contributed by atoms with Crippen LogP contribution in [-0.4, -0.2) is 41.3 Å². The van der Waals surface area contributed by atoms with Crippen LogP contribution in [0, 0.1) is 29.6 Å². The lowest BCUT2D eigenvalue weighted by molar-refractivity contribution is -0.540. The minimum absolute atomic E-state index is 0.125. The summed E-state index contributed by atoms with van der Waals surface area (Å²) in [7, 11) is 0. The number of ether oxygens (including phenoxy) is 2. The molecule has 1 N–H and O–H groups in total. The molecule has 148 valence electrons. The summed E-state index contributed by atoms with van der Waals surface area (Å²) in [6.07, 6.45) is 4.35. The van der Waals surface area contributed by atoms with Gasteiger partial charge in [-0.3, -0.25) is 4.79 Å². The number of rotatable bonds is 3. The molecular weight excluding hydrogens is 336 g/mol. The normalized spacial score (nSPS) is 51.3. The van der Waals surface area contributed by atoms with E-state index < -0.39 is 17.3 Å². The number of esters is 1. The fourth-order valence-corrected chi connectivity index (χ4v) is 5.93. The Kier molecular flexibility index (Phi) is 4.62. The van der Waals surface area contributed by atoms with Gasteiger partial charge in [0.05, 0.1) is 18.6 Å². The van der Waals surface area contributed by atoms with Gasteiger partial charge in [0.15, 0.2) is 5.79 Å². The van der Waals surface area contributed by atoms with Crippen molar-refractivity contribution in [2.75, 3.05) is 6.61 Å². The number of carbonyl (C=O) groups is 1. The molecule has 1 unspecified atom stereocenters. The van der Waals surface area contributed by atoms with Crippen molar-refractivity contribution in [2.24, 2.45) is 29.6 Å². The Morgan fingerprint density at radius 3 is 2.73 bits per heavy atom. The van der Waals surface area contributed by atoms with Crippen molar-refractivity contribution in [2.45, 2.75) is 83.4 Å². The van der Waals surface area contributed by atoms with Crippen LogP contribution in [0.5, 0.6) is 0 Å². The lowest BCUT2D eigenvalue weighted by Gasteiger charge is -2.60. The van der Waals surface area contributed by atoms with Crippen LogP contribution in [0.4, 0.5) is 0 Å². The van der Waals surface area contributed by atoms with Crippen molar-refractivity contribution < 1.29 is 29.1 Å². The summed E-state index contributed by atoms with van der Waals surface area (Å²) in [5.41, 5.74) is -0.432. The molecule has 5 aliphatic rings. The molecule has 2 bridgehead atoms. The Hall–Kier alpha value is -0.690. The summed E-state index contributed by atoms with van der Waals surface area (Å²) in [6.45, 7) is 7.92. The minimum Gasteiger partial charge on any atom is -0.462 e. The second-order valence-electron chi connectivity index (χ2n) is 9.22. The number of aliphatic hydroxyl groups is 1. The van der Waals surface area contributed by atoms with E-state index in [9.17, 15) is 9.90 Å². The van der Waals surface area contributed by atoms with Gasteiger partial charge in [0.2, 0.25) is 0 Å². The first-order chi connectivity index (χ1) is 12.3. The highest BCUT2D eigenvalue weighted by Gasteiger charge is 2.68. The van der Waals surface area contributed by atoms with E-state index in [1.807, 2.05) is 6.92 Å². The van der Waals surface area contributed by atoms with Gasteiger partial charge in [0, 0.05) is 18.8 Å². The molecule has 1 spiro atoms. The molecule has 6 nitrogen and oxygen atoms in total. The molecule has 5 rings (SSSR count). The fourth-order valence-electron chi connectivity index (χ4n) is 5.93. The topological polar surface area (TPSA) is 74.2 Å². The van der Waals surface area contributed by atoms with Gasteiger partial charge < -0.3 is 14.6 Å². The first kappa shape index (κ1) is 18.7. The number of carbonyl (C=O) groups excluding carboxylic acids is 1. The first-order valence-electron chi connectivity index (χ1n) is 10.2. The van der Waals surface area contributed by atoms with E-state index in [2.05, 4.69) is 13.8 Å². The molecule has 0 aromatic rings. The summed E-state index contributed by atoms with van der Waals surface area (Å²) in [5, 5.41) is 9.25. The Bertz CT molecular complexity index is 567. The predicted octanol–water partition coefficient (Wildman–Crippen LogP) is 2.82. The van der Waals surface area contributed by atoms with E-state index in [0.29, 0.717) is 18.3 Å². The molecule has 5 fully saturated rings. The standard InChI is InChI=1S/C20H32O6/c1-11-5-6-15-13(3)16(23-18(22)12(2)10-21)9-17-20(15)14(11)7-8-19(4,24-17)25-26-20/h11-17,21H,5-10H2,1-4H3/t11-,12?,13-,14+,15+,16+,17+,19-,20-/m1/s1. The van der Waals surface area contributed by atoms with Crippen LogP contribution in [-0.2, 0) is 24.0 Å². The minimum atomic E-state index is -0.717. The molecular formula is C20H32O6. The molecule has 3 heterocycles. The summed E-state index contributed by atoms with van der Waals surface area (Å²) >= 11 is 0. The summed E-state index contributed by atoms with van der Waals surface area (Å²) in [6, 6.07) is 0. The maximum Gasteiger partial charge on any atom is 0.311 e. The van der Waals surface area contributed by atoms with Crippen LogP contribution in [0.25, 0.3) is 0 Å². The third-order valence-corrected chi connectivity index (χ3v) is 7.56. The highest BCUT2D eigenvalue weighted by Crippen LogP contribution is 2.61. The second kappa shape index (κ2) is 6.43. The zero-order valence-electron chi connectivity index (χ0n) is 16.3. The molecule has 9 atom stereocenters. The zero-order valence-corrected chi connectivity index (χ0v) is 16.3. The van der Waals surface area contributed by atoms with Crippen LogP contribution in [0.2, 0.25) is 0 Å². The molecule has 0 radical (unpaired) electrons. The molecule has 26 heavy (non-hydrogen) atoms. The van der Waals surface area contributed by atoms with Crippen molar-refractivity contribution in [1.82, 2.24) is 0 Å². The first-order valence-corrected chi connectivity index (χ1v) is 10.2. The molecule has 6 heteroatoms. The summed E-state index contributed by atoms with van der Waals surface area (Å²) in [4.78, 5) is 24.3. The zero-order chi connectivity index (χ0) is 18.7. The van der Waals surface area contributed by atoms with Gasteiger partial charge in [-0.1, -0.05) is 13.8 Å². The molecule has 3 aliphatic heterocycles. The number of fused-ring (bicyclic) bond motifs is 2. The average molecular weight is 368 g/mol. The SMILES string of the molecule is CC(CO)C(=O)O[C@H]1C[C@@H]2O[C@@]3(C)CC[C@H]4[C@H](C)CC[C@@H]([C@H]1C)[C@@]24OO3. The second-order valence-corrected chi connectivity index (χ2v) is 9.22. The van der Waals surface area contributed by atoms with Gasteiger partial charge in [-0.2, -0.15) is 0 Å². The Labute approximate surface area is 155 Å². The monoisotopic (exact) mass is 368 g/mol. The maximum absolute atomic E-state index is 12.3. The smallest absolute Gasteiger partial charge is 0.311 e. The lowest BCUT2D eigenvalue weighted by Crippen LogP contribution is -2.69. The molecule has 3 saturated heterocycles. The van der Waals surface area contributed by atoms with Crippen LogP contribution >= 0.6 is 0 Å². The van der Waals surface area contributed by atoms with E-state index >= 15 is 0 Å². The van der Waals surface area contributed by atoms with Crippen LogP contribution in [0.15, 0.2) is 0 Å². The van der Waals surface area contributed by atoms with E-state index in [4.69, 9.17) is 19.2 Å². The van der Waals surface area contributed by atoms with Gasteiger partial charge in [-0.25, -0.2) is 9.78 Å². The van der Waals surface area contributed by atoms with Crippen LogP contribution in [0.1, 0.15) is 59.8 Å². The van der Waals surface area contributed by atoms with E-state index in [1.165, 1.54) is 0 Å². The van der Waals surface area contributed by atoms with E-state index in [0.717, 1.165) is 25.7 Å². The van der Waals surface area contributed by atoms with Gasteiger partial charge in [0.1, 0.15) is 11.7 Å². The third kappa shape index (κ3) is 2.64. The molecule has 0 aromatic heterocycles. The van der Waals surface area contributed by atoms with Crippen molar-refractivity contribution >= 4 is 5.97 Å². The summed E-state index contributed by atoms with van der Waals surface area (Å²) in [5.74, 6) is -0.152. The fraction of sp³-hybridized carbons (Fsp3) is 0.950. The van der Waals surface area contributed by atoms with Crippen molar-refractivity contribution in [3.63, 3.8) is 0 Å². The highest BCUT2D eigenvalue weighted by molar-refractivity contribution is 5.72. The van der Waals surface area contributed by atoms with Crippen molar-refractivity contribution in [3.8, 4) is 0 Å². The largest absolute Gasteiger partial charge is 0.462 e. The summed E-state index contributed by atoms with van der Waals surface area (Å²) < 4.78 is 12.3. The van der Waals surface area contributed by atoms with Gasteiger partial charge in [-0.15, -0.1) is 0 Å². The third-order valence-electron chi connectivity index (χ3n) is 7.56. The molecule has 0 amide bonds. The lowest BCUT2D eigenvalue weighted by atomic mass is 9.53. The van der Waals surface area contributed by atoms with Gasteiger partial charge >= 0.3 is 5.97 Å². The number of hydrogen-bond donors (Lipinski definition) is 1. The van der Waals surface area contributed by atoms with E-state index in [1.54, 1.807) is 6.92 Å². The molecule has 2 aliphatic carbocycles. The van der Waals surface area contributed by atoms with Gasteiger partial charge in [-0.05, 0) is 50.9 Å². The Morgan fingerprint density at radius 1 is 1.23 bits per heavy atom. The maximum atomic E-state index is 12.3. The average Bonchev–Trinajstić information content (AvgIpc) is 2.84. The van der Waals surface area contributed by atoms with Gasteiger partial charge in [0.25, 0.3) is 0 Å². The highest BCUT2D eigenvalue weighted by atomic mass is 17.3. The van der Waals surface area contributed by atoms with Crippen LogP contribution in [0.3, 0.4) is 0 Å². The predicted molar refractivity (Wildman–Crippen MR) is 92.7 cm³/mol. The molecule has 2 saturated carbocycles. The quantitative estimate of drug-likeness (QED) is 0.610. The number of hydrogen-bond acceptors (Lipinski definition) is 6. The van der Waals surface area contributed by atoms with Crippen molar-refractivity contribution in [3.05, 3.63) is 0 Å². The van der Waals surface area contributed by atoms with Crippen LogP contribution < -0.4 is 0 Å². The molecule has 0 aromatic carbocycles. The Balaban J connectivity index is 1.65.